The van der Waals surface area contributed by atoms with Crippen LogP contribution in [-0.4, -0.2) is 44.3 Å². The van der Waals surface area contributed by atoms with Crippen molar-refractivity contribution in [3.63, 3.8) is 0 Å². The predicted molar refractivity (Wildman–Crippen MR) is 18.4 cm³/mol. The van der Waals surface area contributed by atoms with Gasteiger partial charge in [0.1, 0.15) is 0 Å². The van der Waals surface area contributed by atoms with Crippen LogP contribution in [0.5, 0.6) is 0 Å². The van der Waals surface area contributed by atoms with Crippen LogP contribution in [0.4, 0.5) is 0 Å². The first-order chi connectivity index (χ1) is 1.73. The first kappa shape index (κ1) is 28.6. The van der Waals surface area contributed by atoms with Gasteiger partial charge in [0.2, 0.25) is 0 Å². The minimum atomic E-state index is -1.50. The van der Waals surface area contributed by atoms with E-state index in [2.05, 4.69) is 0 Å². The smallest absolute Gasteiger partial charge is 0.870 e. The molecule has 0 rings (SSSR count). The van der Waals surface area contributed by atoms with Gasteiger partial charge < -0.3 is 16.2 Å². The Morgan fingerprint density at radius 3 is 1.43 bits per heavy atom. The fourth-order valence-corrected chi connectivity index (χ4v) is 0. The van der Waals surface area contributed by atoms with Gasteiger partial charge >= 0.3 is 23.1 Å². The summed E-state index contributed by atoms with van der Waals surface area (Å²) in [5.41, 5.74) is 0. The molecule has 0 amide bonds. The molecular weight excluding hydrogens is 118 g/mol. The van der Waals surface area contributed by atoms with Crippen LogP contribution < -0.4 is 0 Å². The van der Waals surface area contributed by atoms with Gasteiger partial charge in [0.25, 0.3) is 5.09 Å². The Morgan fingerprint density at radius 2 is 1.43 bits per heavy atom. The number of rotatable bonds is 0. The van der Waals surface area contributed by atoms with Gasteiger partial charge in [-0.25, -0.2) is 0 Å². The molecule has 0 fully saturated rings. The van der Waals surface area contributed by atoms with Crippen molar-refractivity contribution in [2.75, 3.05) is 0 Å². The number of nitrogens with zero attached hydrogens (tertiary/aromatic N) is 1. The van der Waals surface area contributed by atoms with E-state index >= 15 is 0 Å². The van der Waals surface area contributed by atoms with E-state index in [1.54, 1.807) is 0 Å². The Kier molecular flexibility index (Phi) is 69.0. The summed E-state index contributed by atoms with van der Waals surface area (Å²) in [6.07, 6.45) is 0. The van der Waals surface area contributed by atoms with Crippen LogP contribution in [0.2, 0.25) is 0 Å². The third-order valence-electron chi connectivity index (χ3n) is 0. The van der Waals surface area contributed by atoms with E-state index in [-0.39, 0.29) is 34.0 Å². The first-order valence-electron chi connectivity index (χ1n) is 0.565. The average Bonchev–Trinajstić information content (AvgIpc) is 0.811. The molecule has 0 aliphatic heterocycles. The van der Waals surface area contributed by atoms with Gasteiger partial charge in [-0.15, -0.1) is 10.1 Å². The van der Waals surface area contributed by atoms with Crippen molar-refractivity contribution in [1.82, 2.24) is 0 Å². The van der Waals surface area contributed by atoms with Crippen LogP contribution in [-0.2, 0) is 0 Å². The van der Waals surface area contributed by atoms with Crippen LogP contribution in [0.15, 0.2) is 0 Å². The fraction of sp³-hybridized carbons (Fsp3) is 0. The second-order valence-electron chi connectivity index (χ2n) is 0.238. The predicted octanol–water partition coefficient (Wildman–Crippen LogP) is -1.08. The van der Waals surface area contributed by atoms with Crippen LogP contribution in [0.3, 0.4) is 0 Å². The summed E-state index contributed by atoms with van der Waals surface area (Å²) < 4.78 is 0. The van der Waals surface area contributed by atoms with Crippen LogP contribution in [0, 0.1) is 10.1 Å². The molecule has 6 nitrogen and oxygen atoms in total. The van der Waals surface area contributed by atoms with E-state index in [4.69, 9.17) is 15.3 Å². The molecule has 7 heavy (non-hydrogen) atoms. The van der Waals surface area contributed by atoms with Gasteiger partial charge in [0, 0.05) is 0 Å². The largest absolute Gasteiger partial charge is 2.00 e. The fourth-order valence-electron chi connectivity index (χ4n) is 0. The molecule has 3 N–H and O–H groups in total. The molecule has 0 spiro atoms. The van der Waals surface area contributed by atoms with Gasteiger partial charge in [0.15, 0.2) is 0 Å². The van der Waals surface area contributed by atoms with Crippen molar-refractivity contribution >= 4 is 23.1 Å². The van der Waals surface area contributed by atoms with E-state index in [9.17, 15) is 0 Å². The molecule has 0 unspecified atom stereocenters. The van der Waals surface area contributed by atoms with Gasteiger partial charge in [-0.05, 0) is 0 Å². The number of hydrogen-bond acceptors (Lipinski definition) is 4. The van der Waals surface area contributed by atoms with E-state index in [0.29, 0.717) is 0 Å². The van der Waals surface area contributed by atoms with Crippen molar-refractivity contribution in [2.24, 2.45) is 0 Å². The van der Waals surface area contributed by atoms with E-state index < -0.39 is 5.09 Å². The molecule has 0 aliphatic carbocycles. The third kappa shape index (κ3) is 6870. The molecule has 0 aromatic carbocycles. The molecule has 0 bridgehead atoms. The van der Waals surface area contributed by atoms with Gasteiger partial charge in [-0.1, -0.05) is 0 Å². The van der Waals surface area contributed by atoms with Crippen molar-refractivity contribution < 1.29 is 21.2 Å². The van der Waals surface area contributed by atoms with E-state index in [0.717, 1.165) is 0 Å². The molecule has 0 radical (unpaired) electrons. The van der Waals surface area contributed by atoms with Crippen molar-refractivity contribution in [3.05, 3.63) is 10.1 Å². The summed E-state index contributed by atoms with van der Waals surface area (Å²) in [6.45, 7) is 0. The molecule has 0 saturated carbocycles. The van der Waals surface area contributed by atoms with Crippen LogP contribution >= 0.6 is 0 Å². The molecule has 0 aromatic rings. The zero-order valence-corrected chi connectivity index (χ0v) is 4.73. The molecule has 40 valence electrons. The molecule has 0 atom stereocenters. The van der Waals surface area contributed by atoms with Crippen molar-refractivity contribution in [2.45, 2.75) is 0 Å². The number of hydrogen-bond donors (Lipinski definition) is 1. The van der Waals surface area contributed by atoms with Gasteiger partial charge in [-0.3, -0.25) is 0 Å². The maximum Gasteiger partial charge on any atom is 2.00 e. The Hall–Kier alpha value is -0.114. The Bertz CT molecular complexity index is 31.1. The Morgan fingerprint density at radius 1 is 1.43 bits per heavy atom. The standard InChI is InChI=1S/Mg.HNO3.2H2O/c;2-1(3)4;;/h;(H,2,3,4);2*1H2/q+2;;;/p-2. The minimum absolute atomic E-state index is 0. The monoisotopic (exact) mass is 121 g/mol. The second-order valence-corrected chi connectivity index (χ2v) is 0.238. The molecule has 0 heterocycles. The topological polar surface area (TPSA) is 123 Å². The maximum absolute atomic E-state index is 8.36. The molecule has 0 saturated heterocycles. The molecular formula is H3MgNO5. The van der Waals surface area contributed by atoms with Gasteiger partial charge in [0.05, 0.1) is 0 Å². The first-order valence-corrected chi connectivity index (χ1v) is 0.565. The SMILES string of the molecule is O=[N+]([O-])O.[Mg+2].[OH-].[OH-]. The van der Waals surface area contributed by atoms with Crippen LogP contribution in [0.25, 0.3) is 0 Å². The Balaban J connectivity index is -0.0000000150. The zero-order chi connectivity index (χ0) is 3.58. The molecule has 7 heteroatoms. The molecule has 0 aromatic heterocycles. The van der Waals surface area contributed by atoms with E-state index in [1.807, 2.05) is 0 Å². The van der Waals surface area contributed by atoms with Crippen LogP contribution in [0.1, 0.15) is 0 Å². The minimum Gasteiger partial charge on any atom is -0.870 e. The summed E-state index contributed by atoms with van der Waals surface area (Å²) in [5, 5.41) is 13.6. The van der Waals surface area contributed by atoms with E-state index in [1.165, 1.54) is 0 Å². The summed E-state index contributed by atoms with van der Waals surface area (Å²) in [4.78, 5) is 8.36. The van der Waals surface area contributed by atoms with Crippen molar-refractivity contribution in [3.8, 4) is 0 Å². The summed E-state index contributed by atoms with van der Waals surface area (Å²) in [6, 6.07) is 0. The quantitative estimate of drug-likeness (QED) is 0.248. The summed E-state index contributed by atoms with van der Waals surface area (Å²) in [7, 11) is 0. The summed E-state index contributed by atoms with van der Waals surface area (Å²) in [5.74, 6) is 0. The maximum atomic E-state index is 8.36. The normalized spacial score (nSPS) is 3.43. The molecule has 0 aliphatic rings. The average molecular weight is 121 g/mol. The Labute approximate surface area is 55.0 Å². The van der Waals surface area contributed by atoms with Gasteiger partial charge in [-0.2, -0.15) is 0 Å². The third-order valence-corrected chi connectivity index (χ3v) is 0. The van der Waals surface area contributed by atoms with Crippen molar-refractivity contribution in [1.29, 1.82) is 0 Å². The summed E-state index contributed by atoms with van der Waals surface area (Å²) >= 11 is 0. The second kappa shape index (κ2) is 16.9. The zero-order valence-electron chi connectivity index (χ0n) is 3.31.